The highest BCUT2D eigenvalue weighted by Crippen LogP contribution is 2.29. The molecule has 1 aliphatic heterocycles. The summed E-state index contributed by atoms with van der Waals surface area (Å²) in [6.07, 6.45) is 0.632. The molecular formula is C20H32N2O2. The van der Waals surface area contributed by atoms with Gasteiger partial charge >= 0.3 is 6.09 Å². The Balaban J connectivity index is 1.99. The summed E-state index contributed by atoms with van der Waals surface area (Å²) in [5, 5.41) is 3.08. The van der Waals surface area contributed by atoms with Gasteiger partial charge < -0.3 is 10.1 Å². The van der Waals surface area contributed by atoms with Crippen LogP contribution in [0.25, 0.3) is 0 Å². The van der Waals surface area contributed by atoms with Gasteiger partial charge in [-0.2, -0.15) is 0 Å². The maximum absolute atomic E-state index is 12.1. The Hall–Kier alpha value is -1.55. The fourth-order valence-corrected chi connectivity index (χ4v) is 3.50. The van der Waals surface area contributed by atoms with Gasteiger partial charge in [0.05, 0.1) is 0 Å². The number of nitrogens with zero attached hydrogens (tertiary/aromatic N) is 1. The summed E-state index contributed by atoms with van der Waals surface area (Å²) in [5.41, 5.74) is 0.875. The van der Waals surface area contributed by atoms with Crippen molar-refractivity contribution in [1.82, 2.24) is 10.2 Å². The number of carbonyl (C=O) groups is 1. The maximum Gasteiger partial charge on any atom is 0.407 e. The number of ether oxygens (including phenoxy) is 1. The van der Waals surface area contributed by atoms with Crippen LogP contribution >= 0.6 is 0 Å². The second kappa shape index (κ2) is 7.56. The molecule has 4 nitrogen and oxygen atoms in total. The fraction of sp³-hybridized carbons (Fsp3) is 0.650. The zero-order valence-electron chi connectivity index (χ0n) is 15.9. The largest absolute Gasteiger partial charge is 0.444 e. The molecule has 1 N–H and O–H groups in total. The van der Waals surface area contributed by atoms with Crippen molar-refractivity contribution in [2.75, 3.05) is 0 Å². The Morgan fingerprint density at radius 1 is 1.21 bits per heavy atom. The summed E-state index contributed by atoms with van der Waals surface area (Å²) in [5.74, 6) is 0.373. The number of likely N-dealkylation sites (tertiary alicyclic amines) is 1. The molecule has 4 atom stereocenters. The van der Waals surface area contributed by atoms with Crippen LogP contribution < -0.4 is 5.32 Å². The molecular weight excluding hydrogens is 300 g/mol. The van der Waals surface area contributed by atoms with Crippen LogP contribution in [0.2, 0.25) is 0 Å². The summed E-state index contributed by atoms with van der Waals surface area (Å²) in [4.78, 5) is 14.6. The molecule has 0 spiro atoms. The van der Waals surface area contributed by atoms with Crippen LogP contribution in [0, 0.1) is 5.92 Å². The number of amides is 1. The molecule has 24 heavy (non-hydrogen) atoms. The van der Waals surface area contributed by atoms with E-state index < -0.39 is 5.60 Å². The Kier molecular flexibility index (Phi) is 5.92. The van der Waals surface area contributed by atoms with Crippen LogP contribution in [0.4, 0.5) is 4.79 Å². The van der Waals surface area contributed by atoms with Gasteiger partial charge in [0, 0.05) is 24.7 Å². The Bertz CT molecular complexity index is 538. The Labute approximate surface area is 146 Å². The summed E-state index contributed by atoms with van der Waals surface area (Å²) >= 11 is 0. The molecule has 0 aromatic heterocycles. The van der Waals surface area contributed by atoms with Crippen molar-refractivity contribution in [2.45, 2.75) is 78.2 Å². The number of benzene rings is 1. The van der Waals surface area contributed by atoms with E-state index in [9.17, 15) is 4.79 Å². The average Bonchev–Trinajstić information content (AvgIpc) is 2.48. The Morgan fingerprint density at radius 3 is 2.42 bits per heavy atom. The smallest absolute Gasteiger partial charge is 0.407 e. The van der Waals surface area contributed by atoms with E-state index in [1.807, 2.05) is 20.8 Å². The van der Waals surface area contributed by atoms with Crippen molar-refractivity contribution in [1.29, 1.82) is 0 Å². The lowest BCUT2D eigenvalue weighted by atomic mass is 9.83. The van der Waals surface area contributed by atoms with Crippen molar-refractivity contribution in [2.24, 2.45) is 5.92 Å². The number of alkyl carbamates (subject to hydrolysis) is 1. The van der Waals surface area contributed by atoms with Gasteiger partial charge in [-0.1, -0.05) is 37.3 Å². The number of carbonyl (C=O) groups excluding carboxylic acids is 1. The van der Waals surface area contributed by atoms with Crippen molar-refractivity contribution in [3.05, 3.63) is 35.9 Å². The van der Waals surface area contributed by atoms with E-state index in [1.165, 1.54) is 5.56 Å². The molecule has 1 aromatic rings. The highest BCUT2D eigenvalue weighted by molar-refractivity contribution is 5.68. The van der Waals surface area contributed by atoms with E-state index >= 15 is 0 Å². The van der Waals surface area contributed by atoms with Gasteiger partial charge in [0.2, 0.25) is 0 Å². The molecule has 1 aliphatic rings. The first-order valence-electron chi connectivity index (χ1n) is 8.96. The molecule has 0 bridgehead atoms. The first-order valence-corrected chi connectivity index (χ1v) is 8.96. The van der Waals surface area contributed by atoms with E-state index in [-0.39, 0.29) is 12.1 Å². The third-order valence-electron chi connectivity index (χ3n) is 4.99. The van der Waals surface area contributed by atoms with Crippen LogP contribution in [0.5, 0.6) is 0 Å². The van der Waals surface area contributed by atoms with Crippen LogP contribution in [-0.4, -0.2) is 34.7 Å². The van der Waals surface area contributed by atoms with Crippen molar-refractivity contribution >= 4 is 6.09 Å². The summed E-state index contributed by atoms with van der Waals surface area (Å²) in [6, 6.07) is 11.5. The van der Waals surface area contributed by atoms with Gasteiger partial charge in [-0.15, -0.1) is 0 Å². The first-order chi connectivity index (χ1) is 11.2. The highest BCUT2D eigenvalue weighted by atomic mass is 16.6. The van der Waals surface area contributed by atoms with Crippen molar-refractivity contribution in [3.63, 3.8) is 0 Å². The maximum atomic E-state index is 12.1. The van der Waals surface area contributed by atoms with Crippen LogP contribution in [-0.2, 0) is 11.3 Å². The molecule has 1 amide bonds. The average molecular weight is 332 g/mol. The molecule has 1 aromatic carbocycles. The SMILES string of the molecule is C[C@H]1[C@H](NC(=O)OC(C)(C)C)C[C@H](C)N(Cc2ccccc2)[C@H]1C. The standard InChI is InChI=1S/C20H32N2O2/c1-14-12-18(21-19(23)24-20(4,5)6)15(2)16(3)22(14)13-17-10-8-7-9-11-17/h7-11,14-16,18H,12-13H2,1-6H3,(H,21,23)/t14-,15+,16-,18+/m0/s1. The number of piperidine rings is 1. The van der Waals surface area contributed by atoms with E-state index in [1.54, 1.807) is 0 Å². The molecule has 1 fully saturated rings. The number of rotatable bonds is 3. The number of nitrogens with one attached hydrogen (secondary N) is 1. The third-order valence-corrected chi connectivity index (χ3v) is 4.99. The second-order valence-corrected chi connectivity index (χ2v) is 8.10. The van der Waals surface area contributed by atoms with Gasteiger partial charge in [0.1, 0.15) is 5.60 Å². The quantitative estimate of drug-likeness (QED) is 0.902. The normalized spacial score (nSPS) is 28.4. The van der Waals surface area contributed by atoms with Gasteiger partial charge in [-0.25, -0.2) is 4.79 Å². The molecule has 0 radical (unpaired) electrons. The molecule has 1 saturated heterocycles. The zero-order chi connectivity index (χ0) is 17.9. The first kappa shape index (κ1) is 18.8. The number of hydrogen-bond acceptors (Lipinski definition) is 3. The molecule has 0 saturated carbocycles. The minimum Gasteiger partial charge on any atom is -0.444 e. The summed E-state index contributed by atoms with van der Waals surface area (Å²) in [6.45, 7) is 13.3. The molecule has 2 rings (SSSR count). The van der Waals surface area contributed by atoms with Gasteiger partial charge in [-0.05, 0) is 52.5 Å². The van der Waals surface area contributed by atoms with Crippen molar-refractivity contribution < 1.29 is 9.53 Å². The summed E-state index contributed by atoms with van der Waals surface area (Å²) in [7, 11) is 0. The molecule has 1 heterocycles. The van der Waals surface area contributed by atoms with E-state index in [0.29, 0.717) is 18.0 Å². The Morgan fingerprint density at radius 2 is 1.83 bits per heavy atom. The third kappa shape index (κ3) is 4.97. The number of hydrogen-bond donors (Lipinski definition) is 1. The van der Waals surface area contributed by atoms with Crippen molar-refractivity contribution in [3.8, 4) is 0 Å². The van der Waals surface area contributed by atoms with E-state index in [2.05, 4.69) is 61.3 Å². The predicted octanol–water partition coefficient (Wildman–Crippen LogP) is 4.20. The van der Waals surface area contributed by atoms with Crippen LogP contribution in [0.15, 0.2) is 30.3 Å². The van der Waals surface area contributed by atoms with Gasteiger partial charge in [0.25, 0.3) is 0 Å². The van der Waals surface area contributed by atoms with Gasteiger partial charge in [0.15, 0.2) is 0 Å². The van der Waals surface area contributed by atoms with Crippen LogP contribution in [0.1, 0.15) is 53.5 Å². The molecule has 0 aliphatic carbocycles. The lowest BCUT2D eigenvalue weighted by Gasteiger charge is -2.47. The van der Waals surface area contributed by atoms with E-state index in [4.69, 9.17) is 4.74 Å². The minimum absolute atomic E-state index is 0.150. The van der Waals surface area contributed by atoms with Crippen LogP contribution in [0.3, 0.4) is 0 Å². The highest BCUT2D eigenvalue weighted by Gasteiger charge is 2.37. The summed E-state index contributed by atoms with van der Waals surface area (Å²) < 4.78 is 5.42. The second-order valence-electron chi connectivity index (χ2n) is 8.10. The molecule has 4 heteroatoms. The minimum atomic E-state index is -0.460. The predicted molar refractivity (Wildman–Crippen MR) is 97.8 cm³/mol. The lowest BCUT2D eigenvalue weighted by Crippen LogP contribution is -2.57. The lowest BCUT2D eigenvalue weighted by molar-refractivity contribution is 0.0184. The zero-order valence-corrected chi connectivity index (χ0v) is 15.9. The topological polar surface area (TPSA) is 41.6 Å². The van der Waals surface area contributed by atoms with Gasteiger partial charge in [-0.3, -0.25) is 4.90 Å². The monoisotopic (exact) mass is 332 g/mol. The molecule has 134 valence electrons. The molecule has 0 unspecified atom stereocenters. The van der Waals surface area contributed by atoms with E-state index in [0.717, 1.165) is 13.0 Å². The fourth-order valence-electron chi connectivity index (χ4n) is 3.50.